The Hall–Kier alpha value is -2.53. The largest absolute Gasteiger partial charge is 0.489 e. The van der Waals surface area contributed by atoms with Crippen LogP contribution in [0.1, 0.15) is 29.3 Å². The van der Waals surface area contributed by atoms with Crippen LogP contribution in [0.2, 0.25) is 5.02 Å². The number of hydrogen-bond acceptors (Lipinski definition) is 3. The molecule has 1 aliphatic heterocycles. The summed E-state index contributed by atoms with van der Waals surface area (Å²) in [6.07, 6.45) is 0.481. The minimum Gasteiger partial charge on any atom is -0.489 e. The molecule has 2 atom stereocenters. The standard InChI is InChI=1S/C21H22ClNO4/c1-14-12-23(10-9-19(14)21(25)26)20(24)16-3-2-4-18(11-16)27-13-15-5-7-17(22)8-6-15/h2-8,11,14,19H,9-10,12-13H2,1H3,(H,25,26). The second kappa shape index (κ2) is 8.44. The third kappa shape index (κ3) is 4.80. The second-order valence-corrected chi connectivity index (χ2v) is 7.34. The number of likely N-dealkylation sites (tertiary alicyclic amines) is 1. The van der Waals surface area contributed by atoms with Crippen LogP contribution in [0.3, 0.4) is 0 Å². The molecular formula is C21H22ClNO4. The first kappa shape index (κ1) is 19.2. The Morgan fingerprint density at radius 3 is 2.63 bits per heavy atom. The van der Waals surface area contributed by atoms with Crippen molar-refractivity contribution in [3.63, 3.8) is 0 Å². The van der Waals surface area contributed by atoms with Gasteiger partial charge in [0.1, 0.15) is 12.4 Å². The van der Waals surface area contributed by atoms with Crippen molar-refractivity contribution in [2.24, 2.45) is 11.8 Å². The Balaban J connectivity index is 1.63. The maximum Gasteiger partial charge on any atom is 0.306 e. The molecule has 0 spiro atoms. The molecule has 3 rings (SSSR count). The van der Waals surface area contributed by atoms with Crippen LogP contribution >= 0.6 is 11.6 Å². The molecule has 0 aliphatic carbocycles. The first-order valence-corrected chi connectivity index (χ1v) is 9.31. The van der Waals surface area contributed by atoms with Gasteiger partial charge in [-0.05, 0) is 48.2 Å². The fourth-order valence-electron chi connectivity index (χ4n) is 3.35. The molecule has 1 fully saturated rings. The lowest BCUT2D eigenvalue weighted by molar-refractivity contribution is -0.145. The van der Waals surface area contributed by atoms with Gasteiger partial charge in [0, 0.05) is 23.7 Å². The molecule has 2 aromatic rings. The van der Waals surface area contributed by atoms with E-state index in [9.17, 15) is 14.7 Å². The maximum atomic E-state index is 12.8. The number of halogens is 1. The molecule has 5 nitrogen and oxygen atoms in total. The molecule has 2 aromatic carbocycles. The van der Waals surface area contributed by atoms with Crippen molar-refractivity contribution < 1.29 is 19.4 Å². The zero-order valence-corrected chi connectivity index (χ0v) is 15.9. The van der Waals surface area contributed by atoms with E-state index in [-0.39, 0.29) is 17.7 Å². The van der Waals surface area contributed by atoms with Gasteiger partial charge in [-0.3, -0.25) is 9.59 Å². The lowest BCUT2D eigenvalue weighted by Crippen LogP contribution is -2.45. The lowest BCUT2D eigenvalue weighted by Gasteiger charge is -2.35. The highest BCUT2D eigenvalue weighted by Crippen LogP contribution is 2.25. The number of carbonyl (C=O) groups is 2. The molecule has 0 bridgehead atoms. The van der Waals surface area contributed by atoms with E-state index in [0.29, 0.717) is 42.5 Å². The monoisotopic (exact) mass is 387 g/mol. The molecule has 27 heavy (non-hydrogen) atoms. The summed E-state index contributed by atoms with van der Waals surface area (Å²) in [5.74, 6) is -0.716. The van der Waals surface area contributed by atoms with Crippen LogP contribution in [0.25, 0.3) is 0 Å². The van der Waals surface area contributed by atoms with Crippen molar-refractivity contribution in [2.75, 3.05) is 13.1 Å². The molecule has 2 unspecified atom stereocenters. The van der Waals surface area contributed by atoms with Crippen LogP contribution in [-0.4, -0.2) is 35.0 Å². The van der Waals surface area contributed by atoms with Gasteiger partial charge in [0.25, 0.3) is 5.91 Å². The summed E-state index contributed by atoms with van der Waals surface area (Å²) in [6.45, 7) is 3.17. The van der Waals surface area contributed by atoms with E-state index in [1.807, 2.05) is 37.3 Å². The number of aliphatic carboxylic acids is 1. The SMILES string of the molecule is CC1CN(C(=O)c2cccc(OCc3ccc(Cl)cc3)c2)CCC1C(=O)O. The van der Waals surface area contributed by atoms with E-state index >= 15 is 0 Å². The summed E-state index contributed by atoms with van der Waals surface area (Å²) in [6, 6.07) is 14.5. The van der Waals surface area contributed by atoms with Gasteiger partial charge in [0.15, 0.2) is 0 Å². The lowest BCUT2D eigenvalue weighted by atomic mass is 9.87. The first-order valence-electron chi connectivity index (χ1n) is 8.93. The highest BCUT2D eigenvalue weighted by atomic mass is 35.5. The van der Waals surface area contributed by atoms with Crippen LogP contribution in [0, 0.1) is 11.8 Å². The van der Waals surface area contributed by atoms with Crippen molar-refractivity contribution in [3.05, 3.63) is 64.7 Å². The van der Waals surface area contributed by atoms with Crippen molar-refractivity contribution in [3.8, 4) is 5.75 Å². The number of rotatable bonds is 5. The molecule has 1 N–H and O–H groups in total. The second-order valence-electron chi connectivity index (χ2n) is 6.90. The van der Waals surface area contributed by atoms with E-state index < -0.39 is 5.97 Å². The molecule has 142 valence electrons. The number of nitrogens with zero attached hydrogens (tertiary/aromatic N) is 1. The quantitative estimate of drug-likeness (QED) is 0.838. The van der Waals surface area contributed by atoms with E-state index in [0.717, 1.165) is 5.56 Å². The molecule has 1 amide bonds. The van der Waals surface area contributed by atoms with Gasteiger partial charge < -0.3 is 14.7 Å². The number of carboxylic acid groups (broad SMARTS) is 1. The minimum atomic E-state index is -0.785. The summed E-state index contributed by atoms with van der Waals surface area (Å²) < 4.78 is 5.79. The topological polar surface area (TPSA) is 66.8 Å². The van der Waals surface area contributed by atoms with E-state index in [2.05, 4.69) is 0 Å². The molecule has 6 heteroatoms. The van der Waals surface area contributed by atoms with Gasteiger partial charge in [0.2, 0.25) is 0 Å². The summed E-state index contributed by atoms with van der Waals surface area (Å²) in [5, 5.41) is 9.90. The molecule has 0 radical (unpaired) electrons. The third-order valence-electron chi connectivity index (χ3n) is 4.91. The number of hydrogen-bond donors (Lipinski definition) is 1. The maximum absolute atomic E-state index is 12.8. The van der Waals surface area contributed by atoms with Crippen LogP contribution in [-0.2, 0) is 11.4 Å². The van der Waals surface area contributed by atoms with Crippen LogP contribution in [0.5, 0.6) is 5.75 Å². The summed E-state index contributed by atoms with van der Waals surface area (Å²) in [7, 11) is 0. The van der Waals surface area contributed by atoms with Crippen molar-refractivity contribution in [1.82, 2.24) is 4.90 Å². The zero-order chi connectivity index (χ0) is 19.4. The minimum absolute atomic E-state index is 0.0652. The molecular weight excluding hydrogens is 366 g/mol. The van der Waals surface area contributed by atoms with E-state index in [1.54, 1.807) is 23.1 Å². The Bertz CT molecular complexity index is 821. The summed E-state index contributed by atoms with van der Waals surface area (Å²) in [5.41, 5.74) is 1.53. The fraction of sp³-hybridized carbons (Fsp3) is 0.333. The van der Waals surface area contributed by atoms with Gasteiger partial charge in [-0.2, -0.15) is 0 Å². The number of piperidine rings is 1. The zero-order valence-electron chi connectivity index (χ0n) is 15.1. The Kier molecular flexibility index (Phi) is 6.01. The summed E-state index contributed by atoms with van der Waals surface area (Å²) in [4.78, 5) is 25.8. The third-order valence-corrected chi connectivity index (χ3v) is 5.16. The fourth-order valence-corrected chi connectivity index (χ4v) is 3.47. The Morgan fingerprint density at radius 1 is 1.22 bits per heavy atom. The average Bonchev–Trinajstić information content (AvgIpc) is 2.67. The van der Waals surface area contributed by atoms with Crippen molar-refractivity contribution in [1.29, 1.82) is 0 Å². The highest BCUT2D eigenvalue weighted by molar-refractivity contribution is 6.30. The number of benzene rings is 2. The highest BCUT2D eigenvalue weighted by Gasteiger charge is 2.33. The van der Waals surface area contributed by atoms with Crippen LogP contribution in [0.15, 0.2) is 48.5 Å². The number of amides is 1. The predicted octanol–water partition coefficient (Wildman–Crippen LogP) is 4.10. The van der Waals surface area contributed by atoms with Gasteiger partial charge in [-0.25, -0.2) is 0 Å². The number of carboxylic acids is 1. The molecule has 1 aliphatic rings. The van der Waals surface area contributed by atoms with Crippen LogP contribution in [0.4, 0.5) is 0 Å². The average molecular weight is 388 g/mol. The van der Waals surface area contributed by atoms with Gasteiger partial charge >= 0.3 is 5.97 Å². The van der Waals surface area contributed by atoms with E-state index in [1.165, 1.54) is 0 Å². The van der Waals surface area contributed by atoms with Crippen molar-refractivity contribution >= 4 is 23.5 Å². The van der Waals surface area contributed by atoms with Crippen molar-refractivity contribution in [2.45, 2.75) is 20.0 Å². The van der Waals surface area contributed by atoms with Gasteiger partial charge in [-0.1, -0.05) is 36.7 Å². The van der Waals surface area contributed by atoms with Gasteiger partial charge in [0.05, 0.1) is 5.92 Å². The van der Waals surface area contributed by atoms with E-state index in [4.69, 9.17) is 16.3 Å². The molecule has 1 saturated heterocycles. The van der Waals surface area contributed by atoms with Crippen LogP contribution < -0.4 is 4.74 Å². The Labute approximate surface area is 163 Å². The normalized spacial score (nSPS) is 19.6. The summed E-state index contributed by atoms with van der Waals surface area (Å²) >= 11 is 5.88. The number of ether oxygens (including phenoxy) is 1. The predicted molar refractivity (Wildman–Crippen MR) is 103 cm³/mol. The Morgan fingerprint density at radius 2 is 1.96 bits per heavy atom. The number of carbonyl (C=O) groups excluding carboxylic acids is 1. The molecule has 0 saturated carbocycles. The smallest absolute Gasteiger partial charge is 0.306 e. The molecule has 0 aromatic heterocycles. The molecule has 1 heterocycles. The van der Waals surface area contributed by atoms with Gasteiger partial charge in [-0.15, -0.1) is 0 Å². The first-order chi connectivity index (χ1) is 12.9.